The molecule has 0 aliphatic heterocycles. The molecule has 0 radical (unpaired) electrons. The molecule has 0 aromatic heterocycles. The second kappa shape index (κ2) is 4.79. The van der Waals surface area contributed by atoms with Gasteiger partial charge >= 0.3 is 0 Å². The van der Waals surface area contributed by atoms with E-state index in [9.17, 15) is 9.90 Å². The fourth-order valence-electron chi connectivity index (χ4n) is 1.33. The zero-order valence-electron chi connectivity index (χ0n) is 9.13. The van der Waals surface area contributed by atoms with Gasteiger partial charge in [0.15, 0.2) is 5.78 Å². The van der Waals surface area contributed by atoms with E-state index >= 15 is 0 Å². The van der Waals surface area contributed by atoms with E-state index in [4.69, 9.17) is 4.74 Å². The van der Waals surface area contributed by atoms with Crippen molar-refractivity contribution in [1.82, 2.24) is 5.32 Å². The van der Waals surface area contributed by atoms with Crippen LogP contribution in [0.1, 0.15) is 15.9 Å². The molecule has 0 aliphatic rings. The molecular weight excluding hydrogens is 194 g/mol. The van der Waals surface area contributed by atoms with Crippen LogP contribution in [0.25, 0.3) is 0 Å². The standard InChI is InChI=1S/C11H15NO3/c1-7-4-8(15-3)5-9(11(7)14)10(13)6-12-2/h4-5,12,14H,6H2,1-3H3. The van der Waals surface area contributed by atoms with Crippen molar-refractivity contribution in [3.8, 4) is 11.5 Å². The third-order valence-electron chi connectivity index (χ3n) is 2.15. The number of Topliss-reactive ketones (excluding diaryl/α,β-unsaturated/α-hetero) is 1. The molecule has 0 spiro atoms. The fraction of sp³-hybridized carbons (Fsp3) is 0.364. The van der Waals surface area contributed by atoms with Crippen LogP contribution >= 0.6 is 0 Å². The van der Waals surface area contributed by atoms with Crippen LogP contribution in [0.2, 0.25) is 0 Å². The van der Waals surface area contributed by atoms with E-state index < -0.39 is 0 Å². The Labute approximate surface area is 88.9 Å². The Morgan fingerprint density at radius 3 is 2.73 bits per heavy atom. The lowest BCUT2D eigenvalue weighted by Crippen LogP contribution is -2.18. The summed E-state index contributed by atoms with van der Waals surface area (Å²) in [7, 11) is 3.21. The molecule has 1 aromatic carbocycles. The van der Waals surface area contributed by atoms with Gasteiger partial charge in [-0.25, -0.2) is 0 Å². The van der Waals surface area contributed by atoms with Gasteiger partial charge in [0.2, 0.25) is 0 Å². The molecule has 2 N–H and O–H groups in total. The highest BCUT2D eigenvalue weighted by atomic mass is 16.5. The van der Waals surface area contributed by atoms with Crippen LogP contribution in [0.15, 0.2) is 12.1 Å². The average Bonchev–Trinajstić information content (AvgIpc) is 2.22. The zero-order valence-corrected chi connectivity index (χ0v) is 9.13. The number of aryl methyl sites for hydroxylation is 1. The fourth-order valence-corrected chi connectivity index (χ4v) is 1.33. The van der Waals surface area contributed by atoms with Crippen LogP contribution in [0.5, 0.6) is 11.5 Å². The largest absolute Gasteiger partial charge is 0.507 e. The maximum Gasteiger partial charge on any atom is 0.180 e. The molecule has 0 unspecified atom stereocenters. The van der Waals surface area contributed by atoms with Crippen molar-refractivity contribution in [2.24, 2.45) is 0 Å². The van der Waals surface area contributed by atoms with Crippen molar-refractivity contribution >= 4 is 5.78 Å². The Balaban J connectivity index is 3.15. The van der Waals surface area contributed by atoms with Crippen LogP contribution in [0.4, 0.5) is 0 Å². The molecule has 4 heteroatoms. The maximum absolute atomic E-state index is 11.6. The van der Waals surface area contributed by atoms with E-state index in [1.54, 1.807) is 26.1 Å². The molecule has 1 aromatic rings. The van der Waals surface area contributed by atoms with Gasteiger partial charge in [0.05, 0.1) is 19.2 Å². The minimum Gasteiger partial charge on any atom is -0.507 e. The van der Waals surface area contributed by atoms with E-state index in [-0.39, 0.29) is 18.1 Å². The SMILES string of the molecule is CNCC(=O)c1cc(OC)cc(C)c1O. The predicted molar refractivity (Wildman–Crippen MR) is 57.7 cm³/mol. The number of likely N-dealkylation sites (N-methyl/N-ethyl adjacent to an activating group) is 1. The summed E-state index contributed by atoms with van der Waals surface area (Å²) in [5, 5.41) is 12.5. The number of benzene rings is 1. The number of rotatable bonds is 4. The Morgan fingerprint density at radius 2 is 2.20 bits per heavy atom. The third-order valence-corrected chi connectivity index (χ3v) is 2.15. The van der Waals surface area contributed by atoms with Gasteiger partial charge in [-0.1, -0.05) is 0 Å². The first-order chi connectivity index (χ1) is 7.10. The van der Waals surface area contributed by atoms with Crippen molar-refractivity contribution < 1.29 is 14.6 Å². The minimum absolute atomic E-state index is 0.0241. The monoisotopic (exact) mass is 209 g/mol. The Bertz CT molecular complexity index is 374. The number of carbonyl (C=O) groups excluding carboxylic acids is 1. The lowest BCUT2D eigenvalue weighted by Gasteiger charge is -2.09. The summed E-state index contributed by atoms with van der Waals surface area (Å²) >= 11 is 0. The van der Waals surface area contributed by atoms with Crippen LogP contribution in [-0.4, -0.2) is 31.6 Å². The number of nitrogens with one attached hydrogen (secondary N) is 1. The number of ketones is 1. The Hall–Kier alpha value is -1.55. The van der Waals surface area contributed by atoms with Crippen molar-refractivity contribution in [2.75, 3.05) is 20.7 Å². The first kappa shape index (κ1) is 11.5. The smallest absolute Gasteiger partial charge is 0.180 e. The highest BCUT2D eigenvalue weighted by Gasteiger charge is 2.13. The summed E-state index contributed by atoms with van der Waals surface area (Å²) in [6.07, 6.45) is 0. The number of ether oxygens (including phenoxy) is 1. The molecule has 15 heavy (non-hydrogen) atoms. The molecule has 0 fully saturated rings. The van der Waals surface area contributed by atoms with Gasteiger partial charge in [0.1, 0.15) is 11.5 Å². The number of phenols is 1. The molecule has 0 bridgehead atoms. The van der Waals surface area contributed by atoms with E-state index in [2.05, 4.69) is 5.32 Å². The van der Waals surface area contributed by atoms with Gasteiger partial charge in [-0.15, -0.1) is 0 Å². The first-order valence-corrected chi connectivity index (χ1v) is 4.65. The first-order valence-electron chi connectivity index (χ1n) is 4.65. The van der Waals surface area contributed by atoms with Crippen molar-refractivity contribution in [1.29, 1.82) is 0 Å². The summed E-state index contributed by atoms with van der Waals surface area (Å²) in [5.74, 6) is 0.442. The number of methoxy groups -OCH3 is 1. The average molecular weight is 209 g/mol. The summed E-state index contributed by atoms with van der Waals surface area (Å²) in [6.45, 7) is 1.92. The number of hydrogen-bond donors (Lipinski definition) is 2. The van der Waals surface area contributed by atoms with Crippen molar-refractivity contribution in [3.05, 3.63) is 23.3 Å². The van der Waals surface area contributed by atoms with Gasteiger partial charge in [-0.3, -0.25) is 4.79 Å². The molecule has 0 saturated carbocycles. The summed E-state index contributed by atoms with van der Waals surface area (Å²) in [5.41, 5.74) is 0.926. The van der Waals surface area contributed by atoms with Crippen LogP contribution < -0.4 is 10.1 Å². The molecule has 0 atom stereocenters. The number of carbonyl (C=O) groups is 1. The molecule has 0 heterocycles. The van der Waals surface area contributed by atoms with E-state index in [1.807, 2.05) is 0 Å². The molecular formula is C11H15NO3. The van der Waals surface area contributed by atoms with Crippen molar-refractivity contribution in [3.63, 3.8) is 0 Å². The van der Waals surface area contributed by atoms with Gasteiger partial charge in [0, 0.05) is 0 Å². The summed E-state index contributed by atoms with van der Waals surface area (Å²) < 4.78 is 5.04. The normalized spacial score (nSPS) is 10.1. The zero-order chi connectivity index (χ0) is 11.4. The molecule has 0 aliphatic carbocycles. The Morgan fingerprint density at radius 1 is 1.53 bits per heavy atom. The van der Waals surface area contributed by atoms with Crippen LogP contribution in [0.3, 0.4) is 0 Å². The molecule has 82 valence electrons. The lowest BCUT2D eigenvalue weighted by atomic mass is 10.1. The predicted octanol–water partition coefficient (Wildman–Crippen LogP) is 1.11. The second-order valence-electron chi connectivity index (χ2n) is 3.29. The van der Waals surface area contributed by atoms with Gasteiger partial charge in [0.25, 0.3) is 0 Å². The molecule has 0 amide bonds. The number of aromatic hydroxyl groups is 1. The quantitative estimate of drug-likeness (QED) is 0.729. The highest BCUT2D eigenvalue weighted by molar-refractivity contribution is 6.00. The topological polar surface area (TPSA) is 58.6 Å². The van der Waals surface area contributed by atoms with Crippen LogP contribution in [-0.2, 0) is 0 Å². The molecule has 4 nitrogen and oxygen atoms in total. The summed E-state index contributed by atoms with van der Waals surface area (Å²) in [6, 6.07) is 3.23. The number of hydrogen-bond acceptors (Lipinski definition) is 4. The minimum atomic E-state index is -0.156. The van der Waals surface area contributed by atoms with E-state index in [0.717, 1.165) is 0 Å². The highest BCUT2D eigenvalue weighted by Crippen LogP contribution is 2.27. The van der Waals surface area contributed by atoms with Crippen LogP contribution in [0, 0.1) is 6.92 Å². The molecule has 0 saturated heterocycles. The van der Waals surface area contributed by atoms with E-state index in [1.165, 1.54) is 7.11 Å². The van der Waals surface area contributed by atoms with Crippen molar-refractivity contribution in [2.45, 2.75) is 6.92 Å². The number of phenolic OH excluding ortho intramolecular Hbond substituents is 1. The van der Waals surface area contributed by atoms with E-state index in [0.29, 0.717) is 16.9 Å². The molecule has 1 rings (SSSR count). The third kappa shape index (κ3) is 2.47. The lowest BCUT2D eigenvalue weighted by molar-refractivity contribution is 0.0990. The maximum atomic E-state index is 11.6. The summed E-state index contributed by atoms with van der Waals surface area (Å²) in [4.78, 5) is 11.6. The second-order valence-corrected chi connectivity index (χ2v) is 3.29. The van der Waals surface area contributed by atoms with Gasteiger partial charge in [-0.2, -0.15) is 0 Å². The van der Waals surface area contributed by atoms with Gasteiger partial charge in [-0.05, 0) is 31.7 Å². The Kier molecular flexibility index (Phi) is 3.68. The van der Waals surface area contributed by atoms with Gasteiger partial charge < -0.3 is 15.2 Å².